The van der Waals surface area contributed by atoms with Gasteiger partial charge < -0.3 is 14.7 Å². The zero-order chi connectivity index (χ0) is 8.85. The summed E-state index contributed by atoms with van der Waals surface area (Å²) in [6, 6.07) is 0. The Labute approximate surface area is 92.3 Å². The van der Waals surface area contributed by atoms with Crippen LogP contribution in [0.25, 0.3) is 0 Å². The van der Waals surface area contributed by atoms with Gasteiger partial charge >= 0.3 is 35.5 Å². The monoisotopic (exact) mass is 181 g/mol. The number of methoxy groups -OCH3 is 1. The van der Waals surface area contributed by atoms with E-state index in [2.05, 4.69) is 4.74 Å². The summed E-state index contributed by atoms with van der Waals surface area (Å²) in [6.45, 7) is 0. The molecule has 1 amide bonds. The molecule has 0 aliphatic rings. The Morgan fingerprint density at radius 2 is 2.08 bits per heavy atom. The van der Waals surface area contributed by atoms with Crippen molar-refractivity contribution in [2.24, 2.45) is 0 Å². The minimum absolute atomic E-state index is 0. The van der Waals surface area contributed by atoms with Gasteiger partial charge in [-0.05, 0) is 0 Å². The van der Waals surface area contributed by atoms with Crippen molar-refractivity contribution in [2.45, 2.75) is 0 Å². The molecule has 0 aromatic heterocycles. The fraction of sp³-hybridized carbons (Fsp3) is 0.333. The molecule has 0 radical (unpaired) electrons. The van der Waals surface area contributed by atoms with Gasteiger partial charge in [0.15, 0.2) is 0 Å². The van der Waals surface area contributed by atoms with Crippen molar-refractivity contribution in [1.29, 1.82) is 0 Å². The van der Waals surface area contributed by atoms with Crippen LogP contribution in [0.5, 0.6) is 0 Å². The molecular formula is C6H8NNaO4. The average molecular weight is 181 g/mol. The number of amides is 1. The van der Waals surface area contributed by atoms with Crippen LogP contribution in [-0.4, -0.2) is 31.4 Å². The maximum absolute atomic E-state index is 10.7. The minimum Gasteiger partial charge on any atom is -0.876 e. The van der Waals surface area contributed by atoms with Gasteiger partial charge in [0.05, 0.1) is 7.11 Å². The molecule has 12 heavy (non-hydrogen) atoms. The third-order valence-corrected chi connectivity index (χ3v) is 1.04. The second-order valence-corrected chi connectivity index (χ2v) is 1.71. The van der Waals surface area contributed by atoms with Crippen LogP contribution in [0, 0.1) is 0 Å². The van der Waals surface area contributed by atoms with Crippen molar-refractivity contribution < 1.29 is 49.0 Å². The van der Waals surface area contributed by atoms with Gasteiger partial charge in [-0.15, -0.1) is 6.26 Å². The molecule has 5 nitrogen and oxygen atoms in total. The molecule has 0 bridgehead atoms. The summed E-state index contributed by atoms with van der Waals surface area (Å²) in [6.07, 6.45) is 0.612. The second kappa shape index (κ2) is 7.15. The van der Waals surface area contributed by atoms with Crippen LogP contribution in [0.4, 0.5) is 0 Å². The first kappa shape index (κ1) is 14.0. The summed E-state index contributed by atoms with van der Waals surface area (Å²) < 4.78 is 4.22. The maximum atomic E-state index is 10.7. The average Bonchev–Trinajstić information content (AvgIpc) is 2.05. The van der Waals surface area contributed by atoms with Crippen LogP contribution in [-0.2, 0) is 14.3 Å². The zero-order valence-corrected chi connectivity index (χ0v) is 9.23. The Hall–Kier alpha value is -0.520. The molecule has 0 heterocycles. The Bertz CT molecular complexity index is 192. The van der Waals surface area contributed by atoms with Gasteiger partial charge in [-0.25, -0.2) is 4.79 Å². The zero-order valence-electron chi connectivity index (χ0n) is 7.23. The third-order valence-electron chi connectivity index (χ3n) is 1.04. The summed E-state index contributed by atoms with van der Waals surface area (Å²) in [7, 11) is 2.41. The quantitative estimate of drug-likeness (QED) is 0.144. The summed E-state index contributed by atoms with van der Waals surface area (Å²) in [4.78, 5) is 21.6. The first-order valence-electron chi connectivity index (χ1n) is 2.76. The molecule has 0 saturated heterocycles. The number of carbonyl (C=O) groups excluding carboxylic acids is 2. The molecule has 62 valence electrons. The van der Waals surface area contributed by atoms with Crippen molar-refractivity contribution in [3.63, 3.8) is 0 Å². The van der Waals surface area contributed by atoms with Gasteiger partial charge in [-0.1, -0.05) is 0 Å². The van der Waals surface area contributed by atoms with E-state index in [1.165, 1.54) is 7.05 Å². The fourth-order valence-electron chi connectivity index (χ4n) is 0.437. The molecule has 0 aliphatic heterocycles. The molecular weight excluding hydrogens is 173 g/mol. The van der Waals surface area contributed by atoms with Crippen molar-refractivity contribution in [1.82, 2.24) is 4.90 Å². The largest absolute Gasteiger partial charge is 1.00 e. The van der Waals surface area contributed by atoms with E-state index in [1.54, 1.807) is 0 Å². The van der Waals surface area contributed by atoms with Gasteiger partial charge in [0, 0.05) is 7.05 Å². The summed E-state index contributed by atoms with van der Waals surface area (Å²) in [5.74, 6) is -0.824. The summed E-state index contributed by atoms with van der Waals surface area (Å²) >= 11 is 0. The normalized spacial score (nSPS) is 9.67. The van der Waals surface area contributed by atoms with Crippen molar-refractivity contribution in [2.75, 3.05) is 14.2 Å². The predicted molar refractivity (Wildman–Crippen MR) is 33.9 cm³/mol. The Kier molecular flexibility index (Phi) is 8.36. The van der Waals surface area contributed by atoms with Crippen LogP contribution < -0.4 is 34.7 Å². The molecule has 0 spiro atoms. The number of rotatable bonds is 3. The Balaban J connectivity index is 0. The van der Waals surface area contributed by atoms with Gasteiger partial charge in [0.25, 0.3) is 0 Å². The second-order valence-electron chi connectivity index (χ2n) is 1.71. The molecule has 0 rings (SSSR count). The number of ether oxygens (including phenoxy) is 1. The Morgan fingerprint density at radius 3 is 2.33 bits per heavy atom. The fourth-order valence-corrected chi connectivity index (χ4v) is 0.437. The van der Waals surface area contributed by atoms with Crippen molar-refractivity contribution in [3.05, 3.63) is 12.0 Å². The van der Waals surface area contributed by atoms with Gasteiger partial charge in [0.1, 0.15) is 5.70 Å². The number of carbonyl (C=O) groups is 2. The van der Waals surface area contributed by atoms with E-state index in [4.69, 9.17) is 0 Å². The van der Waals surface area contributed by atoms with Gasteiger partial charge in [-0.2, -0.15) is 0 Å². The van der Waals surface area contributed by atoms with Crippen molar-refractivity contribution in [3.8, 4) is 0 Å². The molecule has 0 fully saturated rings. The predicted octanol–water partition coefficient (Wildman–Crippen LogP) is -4.55. The van der Waals surface area contributed by atoms with Crippen LogP contribution >= 0.6 is 0 Å². The Morgan fingerprint density at radius 1 is 1.58 bits per heavy atom. The molecule has 0 atom stereocenters. The summed E-state index contributed by atoms with van der Waals surface area (Å²) in [5.41, 5.74) is -0.317. The standard InChI is InChI=1S/C6H9NO4.Na/c1-7(4-9)5(3-8)6(10)11-2;/h3-4,8H,1-2H3;/q;+1/p-1/b5-3+;. The number of esters is 1. The number of nitrogens with zero attached hydrogens (tertiary/aromatic N) is 1. The number of hydrogen-bond donors (Lipinski definition) is 0. The molecule has 0 saturated carbocycles. The molecule has 6 heteroatoms. The minimum atomic E-state index is -0.824. The van der Waals surface area contributed by atoms with Gasteiger partial charge in [0.2, 0.25) is 6.41 Å². The topological polar surface area (TPSA) is 69.7 Å². The van der Waals surface area contributed by atoms with Gasteiger partial charge in [-0.3, -0.25) is 4.79 Å². The van der Waals surface area contributed by atoms with Crippen LogP contribution in [0.3, 0.4) is 0 Å². The molecule has 0 N–H and O–H groups in total. The van der Waals surface area contributed by atoms with E-state index in [0.29, 0.717) is 6.41 Å². The molecule has 0 aromatic rings. The molecule has 0 aliphatic carbocycles. The smallest absolute Gasteiger partial charge is 0.876 e. The number of likely N-dealkylation sites (N-methyl/N-ethyl adjacent to an activating group) is 1. The molecule has 0 unspecified atom stereocenters. The number of hydrogen-bond acceptors (Lipinski definition) is 4. The van der Waals surface area contributed by atoms with E-state index < -0.39 is 5.97 Å². The van der Waals surface area contributed by atoms with Crippen LogP contribution in [0.15, 0.2) is 12.0 Å². The maximum Gasteiger partial charge on any atom is 1.00 e. The van der Waals surface area contributed by atoms with E-state index in [-0.39, 0.29) is 41.5 Å². The summed E-state index contributed by atoms with van der Waals surface area (Å²) in [5, 5.41) is 10.2. The molecule has 0 aromatic carbocycles. The van der Waals surface area contributed by atoms with Crippen LogP contribution in [0.1, 0.15) is 0 Å². The van der Waals surface area contributed by atoms with E-state index in [0.717, 1.165) is 12.0 Å². The van der Waals surface area contributed by atoms with Crippen LogP contribution in [0.2, 0.25) is 0 Å². The first-order valence-corrected chi connectivity index (χ1v) is 2.76. The third kappa shape index (κ3) is 3.75. The van der Waals surface area contributed by atoms with E-state index in [1.807, 2.05) is 0 Å². The first-order chi connectivity index (χ1) is 5.17. The SMILES string of the molecule is COC(=O)/C(=C\[O-])N(C)C=O.[Na+]. The van der Waals surface area contributed by atoms with E-state index in [9.17, 15) is 14.7 Å². The van der Waals surface area contributed by atoms with Crippen molar-refractivity contribution >= 4 is 12.4 Å². The van der Waals surface area contributed by atoms with E-state index >= 15 is 0 Å².